The molecule has 16 fully saturated rings. The summed E-state index contributed by atoms with van der Waals surface area (Å²) in [5.41, 5.74) is 2.16. The maximum absolute atomic E-state index is 14.5. The monoisotopic (exact) mass is 1070 g/mol. The average molecular weight is 1070 g/mol. The highest BCUT2D eigenvalue weighted by Gasteiger charge is 2.70. The predicted octanol–water partition coefficient (Wildman–Crippen LogP) is 5.17. The molecule has 31 atom stereocenters. The van der Waals surface area contributed by atoms with Crippen LogP contribution in [0, 0.1) is 23.7 Å². The van der Waals surface area contributed by atoms with Crippen molar-refractivity contribution in [1.29, 1.82) is 0 Å². The van der Waals surface area contributed by atoms with Crippen LogP contribution < -0.4 is 0 Å². The molecule has 0 saturated carbocycles. The molecule has 18 nitrogen and oxygen atoms in total. The predicted molar refractivity (Wildman–Crippen MR) is 263 cm³/mol. The van der Waals surface area contributed by atoms with Gasteiger partial charge in [0.1, 0.15) is 42.7 Å². The average Bonchev–Trinajstić information content (AvgIpc) is 4.36. The first kappa shape index (κ1) is 51.2. The van der Waals surface area contributed by atoms with Crippen LogP contribution in [0.4, 0.5) is 0 Å². The zero-order valence-corrected chi connectivity index (χ0v) is 44.7. The van der Waals surface area contributed by atoms with E-state index in [-0.39, 0.29) is 146 Å². The first-order valence-electron chi connectivity index (χ1n) is 29.7. The van der Waals surface area contributed by atoms with E-state index in [9.17, 15) is 15.0 Å². The molecule has 2 unspecified atom stereocenters. The van der Waals surface area contributed by atoms with E-state index in [4.69, 9.17) is 71.1 Å². The van der Waals surface area contributed by atoms with Crippen LogP contribution in [0.5, 0.6) is 0 Å². The number of ether oxygens (including phenoxy) is 15. The molecule has 0 aliphatic carbocycles. The largest absolute Gasteiger partial charge is 0.459 e. The van der Waals surface area contributed by atoms with E-state index < -0.39 is 60.1 Å². The van der Waals surface area contributed by atoms with Crippen molar-refractivity contribution in [2.45, 2.75) is 301 Å². The van der Waals surface area contributed by atoms with Crippen LogP contribution in [-0.2, 0) is 75.8 Å². The van der Waals surface area contributed by atoms with E-state index in [2.05, 4.69) is 40.9 Å². The maximum Gasteiger partial charge on any atom is 0.308 e. The summed E-state index contributed by atoms with van der Waals surface area (Å²) in [7, 11) is 0. The third-order valence-corrected chi connectivity index (χ3v) is 21.4. The topological polar surface area (TPSA) is 196 Å². The summed E-state index contributed by atoms with van der Waals surface area (Å²) in [4.78, 5) is 14.5. The van der Waals surface area contributed by atoms with Crippen molar-refractivity contribution in [3.63, 3.8) is 0 Å². The molecule has 16 aliphatic heterocycles. The molecule has 0 amide bonds. The summed E-state index contributed by atoms with van der Waals surface area (Å²) in [5, 5.41) is 20.6. The zero-order valence-electron chi connectivity index (χ0n) is 44.7. The first-order valence-corrected chi connectivity index (χ1v) is 29.7. The summed E-state index contributed by atoms with van der Waals surface area (Å²) in [5.74, 6) is -2.71. The lowest BCUT2D eigenvalue weighted by Gasteiger charge is -2.54. The number of aliphatic hydroxyl groups excluding tert-OH is 2. The molecular weight excluding hydrogens is 985 g/mol. The molecule has 16 rings (SSSR count). The normalized spacial score (nSPS) is 59.3. The number of carbonyl (C=O) groups is 1. The lowest BCUT2D eigenvalue weighted by molar-refractivity contribution is -0.371. The van der Waals surface area contributed by atoms with Crippen molar-refractivity contribution >= 4 is 5.97 Å². The Bertz CT molecular complexity index is 2270. The molecule has 76 heavy (non-hydrogen) atoms. The molecule has 16 aliphatic rings. The summed E-state index contributed by atoms with van der Waals surface area (Å²) in [6.45, 7) is 17.6. The van der Waals surface area contributed by atoms with Gasteiger partial charge in [0.05, 0.1) is 117 Å². The molecule has 422 valence electrons. The van der Waals surface area contributed by atoms with Crippen molar-refractivity contribution in [2.75, 3.05) is 6.61 Å². The van der Waals surface area contributed by atoms with Gasteiger partial charge in [0.2, 0.25) is 0 Å². The van der Waals surface area contributed by atoms with Crippen molar-refractivity contribution in [3.05, 3.63) is 24.3 Å². The fourth-order valence-electron chi connectivity index (χ4n) is 17.8. The molecule has 12 bridgehead atoms. The van der Waals surface area contributed by atoms with Gasteiger partial charge in [-0.25, -0.2) is 0 Å². The second-order valence-corrected chi connectivity index (χ2v) is 26.7. The van der Waals surface area contributed by atoms with E-state index in [1.807, 2.05) is 0 Å². The fourth-order valence-corrected chi connectivity index (χ4v) is 17.8. The van der Waals surface area contributed by atoms with E-state index in [0.717, 1.165) is 49.7 Å². The highest BCUT2D eigenvalue weighted by atomic mass is 16.8. The molecule has 2 N–H and O–H groups in total. The summed E-state index contributed by atoms with van der Waals surface area (Å²) in [6, 6.07) is 0. The van der Waals surface area contributed by atoms with Crippen molar-refractivity contribution in [2.24, 2.45) is 23.7 Å². The van der Waals surface area contributed by atoms with Gasteiger partial charge in [-0.15, -0.1) is 0 Å². The van der Waals surface area contributed by atoms with Crippen LogP contribution >= 0.6 is 0 Å². The van der Waals surface area contributed by atoms with Gasteiger partial charge in [-0.05, 0) is 73.8 Å². The minimum atomic E-state index is -0.911. The van der Waals surface area contributed by atoms with Crippen molar-refractivity contribution in [1.82, 2.24) is 0 Å². The van der Waals surface area contributed by atoms with E-state index >= 15 is 0 Å². The van der Waals surface area contributed by atoms with Crippen molar-refractivity contribution < 1.29 is 86.1 Å². The smallest absolute Gasteiger partial charge is 0.308 e. The standard InChI is InChI=1S/C58H82O18/c1-25-13-31-7-9-35-26(2)14-33(62-35)11-12-56-22-43-52(75-56)53-54(68-43)55(76-56)51-36(66-53)10-8-32(64-51)15-46(61)70-50-30(6)49-40(65-39(50)17-37(63-31)29(25)5)18-38-42(67-49)21-58(71-38)23-44-48(74-58)28(4)20-57(73-44)19-27(3)47-41(72-57)16-34(60)45(24-59)69-47/h25,27-28,30-45,47-55,59-60H,2,5,7-24H2,1,3-4,6H3/t25-,27+,28+,30+,31+,32-,33+,34-,35+,36+,37-,38-,39+,40+,41+,42-,43-,44+,45-,47+,48+,49+,50-,51+,52?,53+,54?,55+,56+,57-,58+/m1/s1. The van der Waals surface area contributed by atoms with Gasteiger partial charge >= 0.3 is 5.97 Å². The second kappa shape index (κ2) is 18.9. The Morgan fingerprint density at radius 1 is 0.487 bits per heavy atom. The van der Waals surface area contributed by atoms with Crippen LogP contribution in [0.25, 0.3) is 0 Å². The molecule has 0 aromatic carbocycles. The van der Waals surface area contributed by atoms with Crippen LogP contribution in [-0.4, -0.2) is 187 Å². The lowest BCUT2D eigenvalue weighted by Crippen LogP contribution is -2.62. The Balaban J connectivity index is 0.669. The highest BCUT2D eigenvalue weighted by molar-refractivity contribution is 5.70. The number of fused-ring (bicyclic) bond motifs is 10. The molecule has 16 heterocycles. The maximum atomic E-state index is 14.5. The molecule has 16 saturated heterocycles. The number of hydrogen-bond donors (Lipinski definition) is 2. The Morgan fingerprint density at radius 2 is 1.16 bits per heavy atom. The molecular formula is C58H82O18. The van der Waals surface area contributed by atoms with Gasteiger partial charge in [0, 0.05) is 63.7 Å². The molecule has 0 aromatic heterocycles. The zero-order chi connectivity index (χ0) is 51.7. The van der Waals surface area contributed by atoms with Gasteiger partial charge < -0.3 is 81.3 Å². The van der Waals surface area contributed by atoms with Crippen LogP contribution in [0.1, 0.15) is 137 Å². The number of esters is 1. The quantitative estimate of drug-likeness (QED) is 0.258. The highest BCUT2D eigenvalue weighted by Crippen LogP contribution is 2.58. The van der Waals surface area contributed by atoms with E-state index in [1.165, 1.54) is 0 Å². The first-order chi connectivity index (χ1) is 36.6. The fraction of sp³-hybridized carbons (Fsp3) is 0.914. The number of aliphatic hydroxyl groups is 2. The van der Waals surface area contributed by atoms with Gasteiger partial charge in [-0.3, -0.25) is 4.79 Å². The minimum absolute atomic E-state index is 0.0127. The third-order valence-electron chi connectivity index (χ3n) is 21.4. The summed E-state index contributed by atoms with van der Waals surface area (Å²) in [6.07, 6.45) is 3.22. The summed E-state index contributed by atoms with van der Waals surface area (Å²) >= 11 is 0. The molecule has 18 heteroatoms. The van der Waals surface area contributed by atoms with Gasteiger partial charge in [-0.2, -0.15) is 0 Å². The molecule has 0 aromatic rings. The Hall–Kier alpha value is -1.69. The van der Waals surface area contributed by atoms with Crippen LogP contribution in [0.3, 0.4) is 0 Å². The SMILES string of the molecule is C=C1C[C@@H]2CC[C@@]34C[C@H]5OC6[C@@H](O[C@H]7CC[C@H](CC(=O)O[C@@H]8[C@@H](C)[C@@H]9O[C@@H]%10C[C@]%11(C[C@@H]%12O[C@]%13(C[C@H](C)[C@@H]%14O[C@H](CO)[C@H](O)C[C@@H]%14O%13)C[C@H](C)[C@@H]%12O%11)O[C@@H]%10C[C@@H]9O[C@H]8C[C@H]8O[C@@H](CC[C@@H]1O2)C[C@@H](C)C8=C)O[C@@H]7[C@@H]6O3)C5O4. The molecule has 0 radical (unpaired) electrons. The Kier molecular flexibility index (Phi) is 12.8. The van der Waals surface area contributed by atoms with E-state index in [0.29, 0.717) is 64.2 Å². The van der Waals surface area contributed by atoms with Gasteiger partial charge in [0.25, 0.3) is 0 Å². The second-order valence-electron chi connectivity index (χ2n) is 26.7. The van der Waals surface area contributed by atoms with Gasteiger partial charge in [0.15, 0.2) is 17.4 Å². The third kappa shape index (κ3) is 8.56. The number of hydrogen-bond acceptors (Lipinski definition) is 18. The Labute approximate surface area is 446 Å². The van der Waals surface area contributed by atoms with E-state index in [1.54, 1.807) is 0 Å². The Morgan fingerprint density at radius 3 is 2.01 bits per heavy atom. The van der Waals surface area contributed by atoms with Crippen molar-refractivity contribution in [3.8, 4) is 0 Å². The van der Waals surface area contributed by atoms with Crippen LogP contribution in [0.15, 0.2) is 24.3 Å². The summed E-state index contributed by atoms with van der Waals surface area (Å²) < 4.78 is 103. The van der Waals surface area contributed by atoms with Gasteiger partial charge in [-0.1, -0.05) is 40.9 Å². The number of rotatable bonds is 1. The van der Waals surface area contributed by atoms with Crippen LogP contribution in [0.2, 0.25) is 0 Å². The lowest BCUT2D eigenvalue weighted by atomic mass is 9.78. The minimum Gasteiger partial charge on any atom is -0.459 e. The number of carbonyl (C=O) groups excluding carboxylic acids is 1. The molecule has 3 spiro atoms.